The maximum absolute atomic E-state index is 5.96. The first-order valence-electron chi connectivity index (χ1n) is 7.19. The van der Waals surface area contributed by atoms with Gasteiger partial charge in [0.1, 0.15) is 0 Å². The highest BCUT2D eigenvalue weighted by Crippen LogP contribution is 2.36. The molecule has 1 saturated heterocycles. The van der Waals surface area contributed by atoms with Crippen molar-refractivity contribution in [3.63, 3.8) is 0 Å². The van der Waals surface area contributed by atoms with Crippen LogP contribution < -0.4 is 0 Å². The second-order valence-electron chi connectivity index (χ2n) is 5.31. The Balaban J connectivity index is 1.69. The Hall–Kier alpha value is -1.36. The molecule has 4 nitrogen and oxygen atoms in total. The van der Waals surface area contributed by atoms with Crippen LogP contribution in [0, 0.1) is 0 Å². The van der Waals surface area contributed by atoms with E-state index in [0.29, 0.717) is 13.2 Å². The summed E-state index contributed by atoms with van der Waals surface area (Å²) in [6.45, 7) is 1.27. The second-order valence-corrected chi connectivity index (χ2v) is 5.74. The van der Waals surface area contributed by atoms with E-state index in [4.69, 9.17) is 21.1 Å². The SMILES string of the molecule is Cn1cncc1CCCC1(c2ccc(Cl)cc2)OCCO1. The van der Waals surface area contributed by atoms with Crippen LogP contribution in [-0.2, 0) is 28.7 Å². The van der Waals surface area contributed by atoms with Gasteiger partial charge in [0.05, 0.1) is 19.5 Å². The number of ether oxygens (including phenoxy) is 2. The normalized spacial score (nSPS) is 17.2. The van der Waals surface area contributed by atoms with Crippen LogP contribution in [0.25, 0.3) is 0 Å². The molecule has 1 aromatic carbocycles. The van der Waals surface area contributed by atoms with Gasteiger partial charge in [0.15, 0.2) is 5.79 Å². The molecule has 0 saturated carbocycles. The summed E-state index contributed by atoms with van der Waals surface area (Å²) in [4.78, 5) is 4.14. The molecule has 0 bridgehead atoms. The van der Waals surface area contributed by atoms with Gasteiger partial charge in [-0.1, -0.05) is 23.7 Å². The van der Waals surface area contributed by atoms with Gasteiger partial charge in [0.25, 0.3) is 0 Å². The van der Waals surface area contributed by atoms with Gasteiger partial charge in [-0.05, 0) is 25.0 Å². The van der Waals surface area contributed by atoms with Crippen LogP contribution in [0.3, 0.4) is 0 Å². The van der Waals surface area contributed by atoms with Gasteiger partial charge in [0, 0.05) is 35.9 Å². The number of hydrogen-bond donors (Lipinski definition) is 0. The quantitative estimate of drug-likeness (QED) is 0.850. The summed E-state index contributed by atoms with van der Waals surface area (Å²) >= 11 is 5.96. The van der Waals surface area contributed by atoms with Crippen LogP contribution in [0.1, 0.15) is 24.1 Å². The van der Waals surface area contributed by atoms with E-state index in [9.17, 15) is 0 Å². The third-order valence-corrected chi connectivity index (χ3v) is 4.15. The van der Waals surface area contributed by atoms with E-state index in [-0.39, 0.29) is 0 Å². The van der Waals surface area contributed by atoms with Gasteiger partial charge in [-0.25, -0.2) is 4.98 Å². The van der Waals surface area contributed by atoms with Gasteiger partial charge < -0.3 is 14.0 Å². The first-order valence-corrected chi connectivity index (χ1v) is 7.57. The number of rotatable bonds is 5. The molecule has 0 N–H and O–H groups in total. The van der Waals surface area contributed by atoms with Crippen LogP contribution >= 0.6 is 11.6 Å². The molecule has 3 rings (SSSR count). The summed E-state index contributed by atoms with van der Waals surface area (Å²) in [5, 5.41) is 0.724. The highest BCUT2D eigenvalue weighted by atomic mass is 35.5. The average molecular weight is 307 g/mol. The molecule has 0 spiro atoms. The summed E-state index contributed by atoms with van der Waals surface area (Å²) in [5.41, 5.74) is 2.26. The summed E-state index contributed by atoms with van der Waals surface area (Å²) in [6, 6.07) is 7.73. The fourth-order valence-electron chi connectivity index (χ4n) is 2.74. The Kier molecular flexibility index (Phi) is 4.29. The van der Waals surface area contributed by atoms with Crippen molar-refractivity contribution in [2.24, 2.45) is 7.05 Å². The largest absolute Gasteiger partial charge is 0.343 e. The molecule has 21 heavy (non-hydrogen) atoms. The first-order chi connectivity index (χ1) is 10.2. The van der Waals surface area contributed by atoms with E-state index in [1.54, 1.807) is 0 Å². The molecule has 112 valence electrons. The zero-order valence-corrected chi connectivity index (χ0v) is 12.8. The Bertz CT molecular complexity index is 589. The van der Waals surface area contributed by atoms with Crippen molar-refractivity contribution in [1.82, 2.24) is 9.55 Å². The van der Waals surface area contributed by atoms with E-state index in [0.717, 1.165) is 29.8 Å². The van der Waals surface area contributed by atoms with Gasteiger partial charge in [0.2, 0.25) is 0 Å². The van der Waals surface area contributed by atoms with Crippen molar-refractivity contribution in [2.75, 3.05) is 13.2 Å². The van der Waals surface area contributed by atoms with Crippen LogP contribution in [0.5, 0.6) is 0 Å². The molecule has 1 aliphatic rings. The summed E-state index contributed by atoms with van der Waals surface area (Å²) in [6.07, 6.45) is 6.48. The highest BCUT2D eigenvalue weighted by molar-refractivity contribution is 6.30. The maximum atomic E-state index is 5.96. The zero-order chi connectivity index (χ0) is 14.7. The minimum atomic E-state index is -0.622. The van der Waals surface area contributed by atoms with Crippen LogP contribution in [0.15, 0.2) is 36.8 Å². The summed E-state index contributed by atoms with van der Waals surface area (Å²) in [5.74, 6) is -0.622. The van der Waals surface area contributed by atoms with Crippen molar-refractivity contribution in [1.29, 1.82) is 0 Å². The third kappa shape index (κ3) is 3.12. The fraction of sp³-hybridized carbons (Fsp3) is 0.438. The minimum Gasteiger partial charge on any atom is -0.343 e. The number of nitrogens with zero attached hydrogens (tertiary/aromatic N) is 2. The monoisotopic (exact) mass is 306 g/mol. The molecule has 1 aliphatic heterocycles. The Morgan fingerprint density at radius 1 is 1.24 bits per heavy atom. The van der Waals surface area contributed by atoms with Crippen molar-refractivity contribution < 1.29 is 9.47 Å². The maximum Gasteiger partial charge on any atom is 0.194 e. The van der Waals surface area contributed by atoms with E-state index in [2.05, 4.69) is 4.98 Å². The molecule has 0 unspecified atom stereocenters. The van der Waals surface area contributed by atoms with E-state index >= 15 is 0 Å². The summed E-state index contributed by atoms with van der Waals surface area (Å²) < 4.78 is 13.9. The molecule has 5 heteroatoms. The predicted octanol–water partition coefficient (Wildman–Crippen LogP) is 3.30. The number of aromatic nitrogens is 2. The van der Waals surface area contributed by atoms with Crippen molar-refractivity contribution in [2.45, 2.75) is 25.0 Å². The molecular weight excluding hydrogens is 288 g/mol. The zero-order valence-electron chi connectivity index (χ0n) is 12.1. The smallest absolute Gasteiger partial charge is 0.194 e. The average Bonchev–Trinajstić information content (AvgIpc) is 3.11. The number of hydrogen-bond acceptors (Lipinski definition) is 3. The van der Waals surface area contributed by atoms with Crippen LogP contribution in [0.4, 0.5) is 0 Å². The van der Waals surface area contributed by atoms with E-state index in [1.165, 1.54) is 5.69 Å². The van der Waals surface area contributed by atoms with Gasteiger partial charge >= 0.3 is 0 Å². The lowest BCUT2D eigenvalue weighted by molar-refractivity contribution is -0.171. The molecule has 2 aromatic rings. The van der Waals surface area contributed by atoms with Crippen LogP contribution in [0.2, 0.25) is 5.02 Å². The van der Waals surface area contributed by atoms with Crippen molar-refractivity contribution in [3.05, 3.63) is 53.1 Å². The lowest BCUT2D eigenvalue weighted by atomic mass is 9.99. The first kappa shape index (κ1) is 14.6. The summed E-state index contributed by atoms with van der Waals surface area (Å²) in [7, 11) is 2.01. The predicted molar refractivity (Wildman–Crippen MR) is 81.2 cm³/mol. The number of halogens is 1. The standard InChI is InChI=1S/C16H19ClN2O2/c1-19-12-18-11-15(19)3-2-8-16(20-9-10-21-16)13-4-6-14(17)7-5-13/h4-7,11-12H,2-3,8-10H2,1H3. The Labute approximate surface area is 129 Å². The van der Waals surface area contributed by atoms with Crippen molar-refractivity contribution in [3.8, 4) is 0 Å². The third-order valence-electron chi connectivity index (χ3n) is 3.89. The van der Waals surface area contributed by atoms with E-state index < -0.39 is 5.79 Å². The lowest BCUT2D eigenvalue weighted by Gasteiger charge is -2.28. The topological polar surface area (TPSA) is 36.3 Å². The number of imidazole rings is 1. The lowest BCUT2D eigenvalue weighted by Crippen LogP contribution is -2.27. The number of aryl methyl sites for hydroxylation is 2. The highest BCUT2D eigenvalue weighted by Gasteiger charge is 2.37. The van der Waals surface area contributed by atoms with Gasteiger partial charge in [-0.3, -0.25) is 0 Å². The minimum absolute atomic E-state index is 0.622. The molecule has 1 aromatic heterocycles. The molecule has 0 aliphatic carbocycles. The molecule has 0 radical (unpaired) electrons. The molecular formula is C16H19ClN2O2. The Morgan fingerprint density at radius 3 is 2.57 bits per heavy atom. The van der Waals surface area contributed by atoms with Crippen molar-refractivity contribution >= 4 is 11.6 Å². The fourth-order valence-corrected chi connectivity index (χ4v) is 2.87. The Morgan fingerprint density at radius 2 is 1.95 bits per heavy atom. The molecule has 0 amide bonds. The second kappa shape index (κ2) is 6.18. The van der Waals surface area contributed by atoms with E-state index in [1.807, 2.05) is 48.4 Å². The molecule has 0 atom stereocenters. The molecule has 2 heterocycles. The van der Waals surface area contributed by atoms with Gasteiger partial charge in [-0.15, -0.1) is 0 Å². The molecule has 1 fully saturated rings. The number of benzene rings is 1. The van der Waals surface area contributed by atoms with Crippen LogP contribution in [-0.4, -0.2) is 22.8 Å². The van der Waals surface area contributed by atoms with Gasteiger partial charge in [-0.2, -0.15) is 0 Å².